The van der Waals surface area contributed by atoms with Crippen molar-refractivity contribution in [2.45, 2.75) is 39.1 Å². The average molecular weight is 475 g/mol. The third-order valence-electron chi connectivity index (χ3n) is 5.10. The monoisotopic (exact) mass is 474 g/mol. The highest BCUT2D eigenvalue weighted by Crippen LogP contribution is 2.34. The first-order valence-corrected chi connectivity index (χ1v) is 12.1. The smallest absolute Gasteiger partial charge is 0.344 e. The van der Waals surface area contributed by atoms with Crippen molar-refractivity contribution < 1.29 is 22.7 Å². The van der Waals surface area contributed by atoms with Gasteiger partial charge in [-0.3, -0.25) is 4.79 Å². The number of nitrogens with zero attached hydrogens (tertiary/aromatic N) is 2. The van der Waals surface area contributed by atoms with Gasteiger partial charge < -0.3 is 4.74 Å². The number of hydrogen-bond acceptors (Lipinski definition) is 6. The SMILES string of the molecule is CCn1ncc(C(=O)c2cc(C)c(S(=O)(=O)CC)c(C)c2Cl)c1OC(=O)c1ccccc1. The molecule has 0 fully saturated rings. The van der Waals surface area contributed by atoms with E-state index in [2.05, 4.69) is 5.10 Å². The van der Waals surface area contributed by atoms with Crippen LogP contribution < -0.4 is 4.74 Å². The van der Waals surface area contributed by atoms with Gasteiger partial charge in [0.25, 0.3) is 0 Å². The molecule has 168 valence electrons. The first-order valence-electron chi connectivity index (χ1n) is 10.0. The summed E-state index contributed by atoms with van der Waals surface area (Å²) in [5, 5.41) is 4.19. The number of esters is 1. The van der Waals surface area contributed by atoms with Crippen molar-refractivity contribution in [1.29, 1.82) is 0 Å². The van der Waals surface area contributed by atoms with E-state index in [1.165, 1.54) is 16.9 Å². The molecule has 32 heavy (non-hydrogen) atoms. The van der Waals surface area contributed by atoms with Crippen molar-refractivity contribution in [3.8, 4) is 5.88 Å². The van der Waals surface area contributed by atoms with Crippen molar-refractivity contribution >= 4 is 33.2 Å². The molecule has 0 saturated carbocycles. The molecule has 0 radical (unpaired) electrons. The zero-order chi connectivity index (χ0) is 23.6. The molecule has 0 saturated heterocycles. The van der Waals surface area contributed by atoms with Gasteiger partial charge in [-0.05, 0) is 50.1 Å². The Labute approximate surface area is 191 Å². The Balaban J connectivity index is 2.08. The maximum atomic E-state index is 13.4. The van der Waals surface area contributed by atoms with Crippen LogP contribution in [0.4, 0.5) is 0 Å². The van der Waals surface area contributed by atoms with E-state index in [4.69, 9.17) is 16.3 Å². The van der Waals surface area contributed by atoms with Crippen LogP contribution in [0.2, 0.25) is 5.02 Å². The van der Waals surface area contributed by atoms with Gasteiger partial charge >= 0.3 is 5.97 Å². The molecule has 0 spiro atoms. The van der Waals surface area contributed by atoms with Gasteiger partial charge in [0, 0.05) is 12.1 Å². The largest absolute Gasteiger partial charge is 0.403 e. The van der Waals surface area contributed by atoms with E-state index in [-0.39, 0.29) is 32.7 Å². The van der Waals surface area contributed by atoms with Crippen molar-refractivity contribution in [1.82, 2.24) is 9.78 Å². The Hall–Kier alpha value is -2.97. The molecule has 7 nitrogen and oxygen atoms in total. The number of carbonyl (C=O) groups is 2. The number of ketones is 1. The summed E-state index contributed by atoms with van der Waals surface area (Å²) in [6.07, 6.45) is 1.32. The molecule has 1 aromatic heterocycles. The van der Waals surface area contributed by atoms with Crippen molar-refractivity contribution in [2.75, 3.05) is 5.75 Å². The van der Waals surface area contributed by atoms with Crippen molar-refractivity contribution in [2.24, 2.45) is 0 Å². The Morgan fingerprint density at radius 2 is 1.75 bits per heavy atom. The van der Waals surface area contributed by atoms with E-state index < -0.39 is 21.6 Å². The number of ether oxygens (including phenoxy) is 1. The van der Waals surface area contributed by atoms with E-state index in [1.54, 1.807) is 58.0 Å². The van der Waals surface area contributed by atoms with E-state index in [1.807, 2.05) is 0 Å². The molecule has 0 N–H and O–H groups in total. The van der Waals surface area contributed by atoms with E-state index in [9.17, 15) is 18.0 Å². The molecule has 3 rings (SSSR count). The minimum absolute atomic E-state index is 0.00276. The summed E-state index contributed by atoms with van der Waals surface area (Å²) in [5.74, 6) is -1.22. The number of sulfone groups is 1. The van der Waals surface area contributed by atoms with Crippen LogP contribution in [0, 0.1) is 13.8 Å². The normalized spacial score (nSPS) is 11.4. The Bertz CT molecular complexity index is 1300. The summed E-state index contributed by atoms with van der Waals surface area (Å²) in [5.41, 5.74) is 1.23. The number of hydrogen-bond donors (Lipinski definition) is 0. The molecule has 1 heterocycles. The number of carbonyl (C=O) groups excluding carboxylic acids is 2. The first kappa shape index (κ1) is 23.7. The number of aryl methyl sites for hydroxylation is 2. The van der Waals surface area contributed by atoms with Crippen LogP contribution in [0.5, 0.6) is 5.88 Å². The molecule has 0 bridgehead atoms. The Kier molecular flexibility index (Phi) is 6.85. The summed E-state index contributed by atoms with van der Waals surface area (Å²) in [6, 6.07) is 9.84. The van der Waals surface area contributed by atoms with Gasteiger partial charge in [-0.1, -0.05) is 36.7 Å². The zero-order valence-corrected chi connectivity index (χ0v) is 19.7. The number of aromatic nitrogens is 2. The standard InChI is InChI=1S/C23H23ClN2O5S/c1-5-26-22(31-23(28)16-10-8-7-9-11-16)18(13-25-26)20(27)17-12-14(3)21(15(4)19(17)24)32(29,30)6-2/h7-13H,5-6H2,1-4H3. The summed E-state index contributed by atoms with van der Waals surface area (Å²) in [6.45, 7) is 6.90. The van der Waals surface area contributed by atoms with Crippen LogP contribution in [0.25, 0.3) is 0 Å². The van der Waals surface area contributed by atoms with Gasteiger partial charge in [-0.25, -0.2) is 17.9 Å². The molecule has 0 amide bonds. The fraction of sp³-hybridized carbons (Fsp3) is 0.261. The summed E-state index contributed by atoms with van der Waals surface area (Å²) < 4.78 is 31.9. The second-order valence-corrected chi connectivity index (χ2v) is 9.77. The predicted molar refractivity (Wildman–Crippen MR) is 121 cm³/mol. The Morgan fingerprint density at radius 3 is 2.34 bits per heavy atom. The maximum Gasteiger partial charge on any atom is 0.344 e. The molecule has 0 aliphatic carbocycles. The molecule has 0 unspecified atom stereocenters. The molecule has 2 aromatic carbocycles. The fourth-order valence-electron chi connectivity index (χ4n) is 3.46. The van der Waals surface area contributed by atoms with Crippen LogP contribution in [-0.2, 0) is 16.4 Å². The average Bonchev–Trinajstić information content (AvgIpc) is 3.18. The zero-order valence-electron chi connectivity index (χ0n) is 18.2. The highest BCUT2D eigenvalue weighted by Gasteiger charge is 2.28. The number of rotatable bonds is 7. The van der Waals surface area contributed by atoms with Crippen LogP contribution in [0.3, 0.4) is 0 Å². The van der Waals surface area contributed by atoms with Crippen LogP contribution >= 0.6 is 11.6 Å². The van der Waals surface area contributed by atoms with Crippen molar-refractivity contribution in [3.05, 3.63) is 75.4 Å². The molecule has 3 aromatic rings. The van der Waals surface area contributed by atoms with E-state index in [0.29, 0.717) is 23.2 Å². The number of halogens is 1. The lowest BCUT2D eigenvalue weighted by Crippen LogP contribution is -2.15. The van der Waals surface area contributed by atoms with Crippen LogP contribution in [-0.4, -0.2) is 35.7 Å². The lowest BCUT2D eigenvalue weighted by molar-refractivity contribution is 0.0716. The lowest BCUT2D eigenvalue weighted by Gasteiger charge is -2.15. The van der Waals surface area contributed by atoms with Gasteiger partial charge in [-0.15, -0.1) is 0 Å². The van der Waals surface area contributed by atoms with Gasteiger partial charge in [0.1, 0.15) is 5.56 Å². The van der Waals surface area contributed by atoms with Crippen molar-refractivity contribution in [3.63, 3.8) is 0 Å². The molecule has 9 heteroatoms. The minimum Gasteiger partial charge on any atom is -0.403 e. The molecule has 0 atom stereocenters. The molecular weight excluding hydrogens is 452 g/mol. The third kappa shape index (κ3) is 4.33. The van der Waals surface area contributed by atoms with Gasteiger partial charge in [-0.2, -0.15) is 5.10 Å². The first-order chi connectivity index (χ1) is 15.1. The second kappa shape index (κ2) is 9.26. The Morgan fingerprint density at radius 1 is 1.09 bits per heavy atom. The fourth-order valence-corrected chi connectivity index (χ4v) is 5.16. The summed E-state index contributed by atoms with van der Waals surface area (Å²) >= 11 is 6.45. The summed E-state index contributed by atoms with van der Waals surface area (Å²) in [4.78, 5) is 26.1. The van der Waals surface area contributed by atoms with Crippen LogP contribution in [0.1, 0.15) is 51.3 Å². The molecule has 0 aliphatic rings. The van der Waals surface area contributed by atoms with Gasteiger partial charge in [0.2, 0.25) is 11.7 Å². The predicted octanol–water partition coefficient (Wildman–Crippen LogP) is 4.42. The molecule has 0 aliphatic heterocycles. The highest BCUT2D eigenvalue weighted by atomic mass is 35.5. The third-order valence-corrected chi connectivity index (χ3v) is 7.59. The highest BCUT2D eigenvalue weighted by molar-refractivity contribution is 7.91. The molecular formula is C23H23ClN2O5S. The van der Waals surface area contributed by atoms with E-state index in [0.717, 1.165) is 0 Å². The van der Waals surface area contributed by atoms with Crippen LogP contribution in [0.15, 0.2) is 47.5 Å². The second-order valence-electron chi connectivity index (χ2n) is 7.18. The lowest BCUT2D eigenvalue weighted by atomic mass is 10.0. The minimum atomic E-state index is -3.53. The topological polar surface area (TPSA) is 95.3 Å². The number of benzene rings is 2. The van der Waals surface area contributed by atoms with E-state index >= 15 is 0 Å². The maximum absolute atomic E-state index is 13.4. The van der Waals surface area contributed by atoms with Gasteiger partial charge in [0.15, 0.2) is 9.84 Å². The quantitative estimate of drug-likeness (QED) is 0.371. The van der Waals surface area contributed by atoms with Gasteiger partial charge in [0.05, 0.1) is 27.4 Å². The summed E-state index contributed by atoms with van der Waals surface area (Å²) in [7, 11) is -3.53.